The van der Waals surface area contributed by atoms with Crippen molar-refractivity contribution in [3.05, 3.63) is 52.0 Å². The minimum Gasteiger partial charge on any atom is -0.481 e. The molecule has 3 atom stereocenters. The van der Waals surface area contributed by atoms with Crippen LogP contribution in [-0.4, -0.2) is 29.1 Å². The molecule has 3 rings (SSSR count). The summed E-state index contributed by atoms with van der Waals surface area (Å²) in [6, 6.07) is 3.96. The number of halogens is 7. The summed E-state index contributed by atoms with van der Waals surface area (Å²) in [5, 5.41) is 12.0. The van der Waals surface area contributed by atoms with Gasteiger partial charge in [0, 0.05) is 23.3 Å². The van der Waals surface area contributed by atoms with E-state index in [1.165, 1.54) is 36.4 Å². The molecule has 2 aliphatic rings. The molecule has 0 aromatic heterocycles. The first-order valence-corrected chi connectivity index (χ1v) is 11.2. The zero-order valence-electron chi connectivity index (χ0n) is 17.9. The van der Waals surface area contributed by atoms with E-state index in [1.807, 2.05) is 0 Å². The van der Waals surface area contributed by atoms with Gasteiger partial charge in [-0.05, 0) is 36.1 Å². The molecule has 0 bridgehead atoms. The zero-order valence-corrected chi connectivity index (χ0v) is 19.4. The SMILES string of the molecule is C[C@H]([C@H](C(=O)Nc1cc(C2(CC(=O)O)CC(F)(F)C2)ccc1Cl)C1C=CC(Cl)=CC1)C(F)(F)F. The fourth-order valence-corrected chi connectivity index (χ4v) is 5.03. The lowest BCUT2D eigenvalue weighted by molar-refractivity contribution is -0.188. The smallest absolute Gasteiger partial charge is 0.392 e. The summed E-state index contributed by atoms with van der Waals surface area (Å²) in [4.78, 5) is 24.4. The summed E-state index contributed by atoms with van der Waals surface area (Å²) in [6.45, 7) is 0.911. The number of alkyl halides is 5. The van der Waals surface area contributed by atoms with Crippen LogP contribution >= 0.6 is 23.2 Å². The molecule has 2 N–H and O–H groups in total. The Bertz CT molecular complexity index is 1030. The molecule has 0 spiro atoms. The molecular weight excluding hydrogens is 504 g/mol. The van der Waals surface area contributed by atoms with Gasteiger partial charge >= 0.3 is 12.1 Å². The molecule has 1 saturated carbocycles. The Kier molecular flexibility index (Phi) is 7.39. The number of hydrogen-bond acceptors (Lipinski definition) is 2. The monoisotopic (exact) mass is 525 g/mol. The van der Waals surface area contributed by atoms with Crippen LogP contribution in [0.1, 0.15) is 38.2 Å². The van der Waals surface area contributed by atoms with Crippen molar-refractivity contribution in [1.82, 2.24) is 0 Å². The number of carbonyl (C=O) groups is 2. The van der Waals surface area contributed by atoms with Crippen LogP contribution in [0, 0.1) is 17.8 Å². The first kappa shape index (κ1) is 26.5. The van der Waals surface area contributed by atoms with Gasteiger partial charge in [0.05, 0.1) is 29.0 Å². The van der Waals surface area contributed by atoms with Crippen LogP contribution in [0.2, 0.25) is 5.02 Å². The van der Waals surface area contributed by atoms with Crippen molar-refractivity contribution < 1.29 is 36.6 Å². The summed E-state index contributed by atoms with van der Waals surface area (Å²) in [5.41, 5.74) is -1.23. The van der Waals surface area contributed by atoms with E-state index in [-0.39, 0.29) is 22.7 Å². The Labute approximate surface area is 202 Å². The highest BCUT2D eigenvalue weighted by molar-refractivity contribution is 6.33. The number of allylic oxidation sites excluding steroid dienone is 4. The van der Waals surface area contributed by atoms with Gasteiger partial charge in [-0.3, -0.25) is 9.59 Å². The molecule has 1 fully saturated rings. The maximum atomic E-state index is 13.7. The molecule has 186 valence electrons. The van der Waals surface area contributed by atoms with Gasteiger partial charge in [0.1, 0.15) is 0 Å². The lowest BCUT2D eigenvalue weighted by Crippen LogP contribution is -2.50. The first-order valence-electron chi connectivity index (χ1n) is 10.4. The molecule has 1 aromatic rings. The van der Waals surface area contributed by atoms with Crippen LogP contribution in [0.4, 0.5) is 27.6 Å². The van der Waals surface area contributed by atoms with Gasteiger partial charge in [0.25, 0.3) is 0 Å². The van der Waals surface area contributed by atoms with Crippen molar-refractivity contribution >= 4 is 40.8 Å². The van der Waals surface area contributed by atoms with E-state index in [1.54, 1.807) is 0 Å². The number of amides is 1. The van der Waals surface area contributed by atoms with Crippen molar-refractivity contribution in [2.45, 2.75) is 50.1 Å². The van der Waals surface area contributed by atoms with Gasteiger partial charge in [0.15, 0.2) is 0 Å². The molecule has 2 aliphatic carbocycles. The van der Waals surface area contributed by atoms with E-state index in [9.17, 15) is 36.6 Å². The predicted molar refractivity (Wildman–Crippen MR) is 118 cm³/mol. The predicted octanol–water partition coefficient (Wildman–Crippen LogP) is 6.93. The van der Waals surface area contributed by atoms with E-state index in [0.29, 0.717) is 5.03 Å². The molecule has 1 unspecified atom stereocenters. The second-order valence-electron chi connectivity index (χ2n) is 8.95. The summed E-state index contributed by atoms with van der Waals surface area (Å²) >= 11 is 12.0. The third-order valence-electron chi connectivity index (χ3n) is 6.43. The summed E-state index contributed by atoms with van der Waals surface area (Å²) in [7, 11) is 0. The number of nitrogens with one attached hydrogen (secondary N) is 1. The maximum absolute atomic E-state index is 13.7. The Morgan fingerprint density at radius 2 is 1.88 bits per heavy atom. The topological polar surface area (TPSA) is 66.4 Å². The Hall–Kier alpha value is -2.13. The van der Waals surface area contributed by atoms with Crippen LogP contribution in [0.25, 0.3) is 0 Å². The third kappa shape index (κ3) is 5.74. The largest absolute Gasteiger partial charge is 0.481 e. The van der Waals surface area contributed by atoms with Crippen molar-refractivity contribution in [2.75, 3.05) is 5.32 Å². The van der Waals surface area contributed by atoms with Crippen molar-refractivity contribution in [3.8, 4) is 0 Å². The van der Waals surface area contributed by atoms with Crippen molar-refractivity contribution in [3.63, 3.8) is 0 Å². The number of carboxylic acid groups (broad SMARTS) is 1. The molecule has 34 heavy (non-hydrogen) atoms. The van der Waals surface area contributed by atoms with E-state index < -0.39 is 66.4 Å². The quantitative estimate of drug-likeness (QED) is 0.379. The number of aliphatic carboxylic acids is 1. The average Bonchev–Trinajstić information content (AvgIpc) is 2.68. The van der Waals surface area contributed by atoms with Crippen molar-refractivity contribution in [2.24, 2.45) is 17.8 Å². The van der Waals surface area contributed by atoms with Gasteiger partial charge in [-0.1, -0.05) is 48.3 Å². The van der Waals surface area contributed by atoms with Gasteiger partial charge in [-0.25, -0.2) is 8.78 Å². The Balaban J connectivity index is 1.91. The van der Waals surface area contributed by atoms with Gasteiger partial charge in [0.2, 0.25) is 11.8 Å². The highest BCUT2D eigenvalue weighted by Gasteiger charge is 2.58. The van der Waals surface area contributed by atoms with Crippen LogP contribution in [0.15, 0.2) is 41.5 Å². The number of anilines is 1. The van der Waals surface area contributed by atoms with Gasteiger partial charge < -0.3 is 10.4 Å². The minimum atomic E-state index is -4.66. The molecule has 11 heteroatoms. The summed E-state index contributed by atoms with van der Waals surface area (Å²) in [6.07, 6.45) is -2.09. The second kappa shape index (κ2) is 9.49. The molecule has 1 amide bonds. The van der Waals surface area contributed by atoms with E-state index in [2.05, 4.69) is 5.32 Å². The number of carboxylic acids is 1. The van der Waals surface area contributed by atoms with E-state index in [0.717, 1.165) is 6.92 Å². The van der Waals surface area contributed by atoms with Crippen LogP contribution in [0.3, 0.4) is 0 Å². The minimum absolute atomic E-state index is 0.0193. The number of hydrogen-bond donors (Lipinski definition) is 2. The number of benzene rings is 1. The van der Waals surface area contributed by atoms with E-state index in [4.69, 9.17) is 23.2 Å². The van der Waals surface area contributed by atoms with Crippen LogP contribution in [-0.2, 0) is 15.0 Å². The standard InChI is InChI=1S/C23H22Cl2F5NO3/c1-12(23(28,29)30)19(13-2-5-15(24)6-3-13)20(34)31-17-8-14(4-7-16(17)25)21(9-18(32)33)10-22(26,27)11-21/h2,4-8,12-13,19H,3,9-11H2,1H3,(H,31,34)(H,32,33)/t12-,13?,19+/m1/s1. The van der Waals surface area contributed by atoms with Crippen molar-refractivity contribution in [1.29, 1.82) is 0 Å². The Morgan fingerprint density at radius 3 is 2.38 bits per heavy atom. The fraction of sp³-hybridized carbons (Fsp3) is 0.478. The lowest BCUT2D eigenvalue weighted by atomic mass is 9.60. The summed E-state index contributed by atoms with van der Waals surface area (Å²) in [5.74, 6) is -9.56. The lowest BCUT2D eigenvalue weighted by Gasteiger charge is -2.47. The normalized spacial score (nSPS) is 22.8. The van der Waals surface area contributed by atoms with E-state index >= 15 is 0 Å². The summed E-state index contributed by atoms with van der Waals surface area (Å²) < 4.78 is 68.1. The first-order chi connectivity index (χ1) is 15.6. The van der Waals surface area contributed by atoms with Gasteiger partial charge in [-0.15, -0.1) is 0 Å². The maximum Gasteiger partial charge on any atom is 0.392 e. The Morgan fingerprint density at radius 1 is 1.24 bits per heavy atom. The number of carbonyl (C=O) groups excluding carboxylic acids is 1. The highest BCUT2D eigenvalue weighted by Crippen LogP contribution is 2.56. The molecular formula is C23H22Cl2F5NO3. The van der Waals surface area contributed by atoms with Gasteiger partial charge in [-0.2, -0.15) is 13.2 Å². The van der Waals surface area contributed by atoms with Crippen LogP contribution in [0.5, 0.6) is 0 Å². The molecule has 0 saturated heterocycles. The van der Waals surface area contributed by atoms with Crippen LogP contribution < -0.4 is 5.32 Å². The molecule has 0 heterocycles. The highest BCUT2D eigenvalue weighted by atomic mass is 35.5. The molecule has 0 radical (unpaired) electrons. The molecule has 0 aliphatic heterocycles. The molecule has 4 nitrogen and oxygen atoms in total. The zero-order chi connectivity index (χ0) is 25.5. The average molecular weight is 526 g/mol. The third-order valence-corrected chi connectivity index (χ3v) is 7.04. The second-order valence-corrected chi connectivity index (χ2v) is 9.79. The fourth-order valence-electron chi connectivity index (χ4n) is 4.70. The number of rotatable bonds is 7. The molecule has 1 aromatic carbocycles.